The van der Waals surface area contributed by atoms with E-state index in [0.717, 1.165) is 12.8 Å². The van der Waals surface area contributed by atoms with Gasteiger partial charge in [-0.25, -0.2) is 4.68 Å². The standard InChI is InChI=1S/C12H22N4O2/c1-4-5-7-16(8-6-13)12(17)10-9-11(18-3)15(2)14-10/h9H,4-8,13H2,1-3H3. The van der Waals surface area contributed by atoms with Crippen LogP contribution in [0.2, 0.25) is 0 Å². The summed E-state index contributed by atoms with van der Waals surface area (Å²) in [7, 11) is 3.30. The van der Waals surface area contributed by atoms with Crippen molar-refractivity contribution in [3.05, 3.63) is 11.8 Å². The second-order valence-electron chi connectivity index (χ2n) is 4.13. The third-order valence-electron chi connectivity index (χ3n) is 2.73. The predicted molar refractivity (Wildman–Crippen MR) is 69.6 cm³/mol. The average Bonchev–Trinajstić information content (AvgIpc) is 2.75. The van der Waals surface area contributed by atoms with Crippen LogP contribution in [0.25, 0.3) is 0 Å². The first kappa shape index (κ1) is 14.5. The van der Waals surface area contributed by atoms with E-state index in [-0.39, 0.29) is 5.91 Å². The van der Waals surface area contributed by atoms with Gasteiger partial charge in [-0.3, -0.25) is 4.79 Å². The molecule has 0 aliphatic heterocycles. The van der Waals surface area contributed by atoms with E-state index in [4.69, 9.17) is 10.5 Å². The second kappa shape index (κ2) is 7.00. The summed E-state index contributed by atoms with van der Waals surface area (Å²) in [6.45, 7) is 3.82. The highest BCUT2D eigenvalue weighted by Crippen LogP contribution is 2.13. The van der Waals surface area contributed by atoms with Crippen LogP contribution in [-0.2, 0) is 7.05 Å². The van der Waals surface area contributed by atoms with Crippen LogP contribution in [0.4, 0.5) is 0 Å². The van der Waals surface area contributed by atoms with E-state index in [1.807, 2.05) is 0 Å². The molecule has 1 aromatic heterocycles. The summed E-state index contributed by atoms with van der Waals surface area (Å²) < 4.78 is 6.65. The number of nitrogens with zero attached hydrogens (tertiary/aromatic N) is 3. The lowest BCUT2D eigenvalue weighted by Crippen LogP contribution is -2.36. The summed E-state index contributed by atoms with van der Waals surface area (Å²) in [4.78, 5) is 14.0. The SMILES string of the molecule is CCCCN(CCN)C(=O)c1cc(OC)n(C)n1. The number of carbonyl (C=O) groups excluding carboxylic acids is 1. The van der Waals surface area contributed by atoms with E-state index in [9.17, 15) is 4.79 Å². The fourth-order valence-electron chi connectivity index (χ4n) is 1.73. The molecule has 0 saturated heterocycles. The number of aromatic nitrogens is 2. The summed E-state index contributed by atoms with van der Waals surface area (Å²) in [6.07, 6.45) is 2.01. The van der Waals surface area contributed by atoms with Crippen molar-refractivity contribution in [3.8, 4) is 5.88 Å². The Hall–Kier alpha value is -1.56. The van der Waals surface area contributed by atoms with Crippen molar-refractivity contribution in [2.24, 2.45) is 12.8 Å². The van der Waals surface area contributed by atoms with Gasteiger partial charge in [0, 0.05) is 32.7 Å². The molecule has 0 atom stereocenters. The van der Waals surface area contributed by atoms with Gasteiger partial charge in [0.2, 0.25) is 5.88 Å². The second-order valence-corrected chi connectivity index (χ2v) is 4.13. The molecule has 0 fully saturated rings. The van der Waals surface area contributed by atoms with Crippen LogP contribution >= 0.6 is 0 Å². The molecule has 0 unspecified atom stereocenters. The van der Waals surface area contributed by atoms with Gasteiger partial charge in [-0.15, -0.1) is 0 Å². The van der Waals surface area contributed by atoms with Gasteiger partial charge in [0.25, 0.3) is 5.91 Å². The predicted octanol–water partition coefficient (Wildman–Crippen LogP) is 0.630. The monoisotopic (exact) mass is 254 g/mol. The van der Waals surface area contributed by atoms with Crippen LogP contribution in [0.15, 0.2) is 6.07 Å². The lowest BCUT2D eigenvalue weighted by atomic mass is 10.3. The molecule has 0 bridgehead atoms. The van der Waals surface area contributed by atoms with E-state index in [1.54, 1.807) is 29.8 Å². The molecule has 0 aliphatic rings. The number of carbonyl (C=O) groups is 1. The quantitative estimate of drug-likeness (QED) is 0.774. The molecule has 0 spiro atoms. The van der Waals surface area contributed by atoms with Crippen LogP contribution < -0.4 is 10.5 Å². The summed E-state index contributed by atoms with van der Waals surface area (Å²) >= 11 is 0. The van der Waals surface area contributed by atoms with Crippen molar-refractivity contribution in [2.75, 3.05) is 26.7 Å². The molecule has 1 heterocycles. The van der Waals surface area contributed by atoms with Gasteiger partial charge in [-0.05, 0) is 6.42 Å². The first-order valence-corrected chi connectivity index (χ1v) is 6.21. The van der Waals surface area contributed by atoms with Crippen molar-refractivity contribution in [2.45, 2.75) is 19.8 Å². The molecule has 18 heavy (non-hydrogen) atoms. The molecule has 6 heteroatoms. The zero-order valence-corrected chi connectivity index (χ0v) is 11.3. The lowest BCUT2D eigenvalue weighted by molar-refractivity contribution is 0.0751. The minimum absolute atomic E-state index is 0.0900. The van der Waals surface area contributed by atoms with Crippen LogP contribution in [0.5, 0.6) is 5.88 Å². The number of unbranched alkanes of at least 4 members (excludes halogenated alkanes) is 1. The van der Waals surface area contributed by atoms with E-state index >= 15 is 0 Å². The number of hydrogen-bond acceptors (Lipinski definition) is 4. The van der Waals surface area contributed by atoms with Crippen molar-refractivity contribution in [1.82, 2.24) is 14.7 Å². The fraction of sp³-hybridized carbons (Fsp3) is 0.667. The van der Waals surface area contributed by atoms with Gasteiger partial charge >= 0.3 is 0 Å². The molecule has 1 amide bonds. The number of hydrogen-bond donors (Lipinski definition) is 1. The van der Waals surface area contributed by atoms with Crippen molar-refractivity contribution >= 4 is 5.91 Å². The Balaban J connectivity index is 2.80. The van der Waals surface area contributed by atoms with Crippen LogP contribution in [0.3, 0.4) is 0 Å². The van der Waals surface area contributed by atoms with Gasteiger partial charge in [-0.1, -0.05) is 13.3 Å². The van der Waals surface area contributed by atoms with Gasteiger partial charge < -0.3 is 15.4 Å². The summed E-state index contributed by atoms with van der Waals surface area (Å²) in [5.41, 5.74) is 5.94. The molecule has 0 saturated carbocycles. The molecule has 2 N–H and O–H groups in total. The highest BCUT2D eigenvalue weighted by molar-refractivity contribution is 5.92. The van der Waals surface area contributed by atoms with Gasteiger partial charge in [0.05, 0.1) is 7.11 Å². The smallest absolute Gasteiger partial charge is 0.274 e. The molecule has 0 aliphatic carbocycles. The summed E-state index contributed by atoms with van der Waals surface area (Å²) in [5.74, 6) is 0.481. The third-order valence-corrected chi connectivity index (χ3v) is 2.73. The fourth-order valence-corrected chi connectivity index (χ4v) is 1.73. The molecule has 1 rings (SSSR count). The Bertz CT molecular complexity index is 389. The number of rotatable bonds is 7. The molecule has 6 nitrogen and oxygen atoms in total. The summed E-state index contributed by atoms with van der Waals surface area (Å²) in [6, 6.07) is 1.65. The number of methoxy groups -OCH3 is 1. The highest BCUT2D eigenvalue weighted by atomic mass is 16.5. The van der Waals surface area contributed by atoms with Gasteiger partial charge in [-0.2, -0.15) is 5.10 Å². The van der Waals surface area contributed by atoms with Crippen LogP contribution in [-0.4, -0.2) is 47.3 Å². The maximum absolute atomic E-state index is 12.3. The van der Waals surface area contributed by atoms with E-state index in [2.05, 4.69) is 12.0 Å². The maximum atomic E-state index is 12.3. The average molecular weight is 254 g/mol. The van der Waals surface area contributed by atoms with Crippen molar-refractivity contribution in [1.29, 1.82) is 0 Å². The van der Waals surface area contributed by atoms with E-state index < -0.39 is 0 Å². The Morgan fingerprint density at radius 2 is 2.28 bits per heavy atom. The number of amides is 1. The first-order chi connectivity index (χ1) is 8.63. The molecule has 1 aromatic rings. The zero-order valence-electron chi connectivity index (χ0n) is 11.3. The molecular formula is C12H22N4O2. The third kappa shape index (κ3) is 3.46. The number of nitrogens with two attached hydrogens (primary N) is 1. The first-order valence-electron chi connectivity index (χ1n) is 6.21. The number of ether oxygens (including phenoxy) is 1. The normalized spacial score (nSPS) is 10.4. The largest absolute Gasteiger partial charge is 0.481 e. The zero-order chi connectivity index (χ0) is 13.5. The molecule has 102 valence electrons. The van der Waals surface area contributed by atoms with E-state index in [0.29, 0.717) is 31.2 Å². The number of aryl methyl sites for hydroxylation is 1. The van der Waals surface area contributed by atoms with Gasteiger partial charge in [0.1, 0.15) is 0 Å². The molecule has 0 radical (unpaired) electrons. The van der Waals surface area contributed by atoms with Crippen molar-refractivity contribution < 1.29 is 9.53 Å². The van der Waals surface area contributed by atoms with E-state index in [1.165, 1.54) is 0 Å². The molecule has 0 aromatic carbocycles. The summed E-state index contributed by atoms with van der Waals surface area (Å²) in [5, 5.41) is 4.15. The van der Waals surface area contributed by atoms with Crippen molar-refractivity contribution in [3.63, 3.8) is 0 Å². The van der Waals surface area contributed by atoms with Crippen LogP contribution in [0, 0.1) is 0 Å². The maximum Gasteiger partial charge on any atom is 0.274 e. The Labute approximate surface area is 108 Å². The van der Waals surface area contributed by atoms with Crippen LogP contribution in [0.1, 0.15) is 30.3 Å². The highest BCUT2D eigenvalue weighted by Gasteiger charge is 2.19. The Morgan fingerprint density at radius 1 is 1.56 bits per heavy atom. The Morgan fingerprint density at radius 3 is 2.78 bits per heavy atom. The van der Waals surface area contributed by atoms with Gasteiger partial charge in [0.15, 0.2) is 5.69 Å². The Kier molecular flexibility index (Phi) is 5.64. The minimum Gasteiger partial charge on any atom is -0.481 e. The minimum atomic E-state index is -0.0900. The topological polar surface area (TPSA) is 73.4 Å². The lowest BCUT2D eigenvalue weighted by Gasteiger charge is -2.20. The molecular weight excluding hydrogens is 232 g/mol.